The van der Waals surface area contributed by atoms with E-state index in [0.717, 1.165) is 26.1 Å². The lowest BCUT2D eigenvalue weighted by atomic mass is 10.3. The number of hydrogen-bond donors (Lipinski definition) is 1. The molecule has 0 aliphatic rings. The zero-order valence-corrected chi connectivity index (χ0v) is 12.3. The SMILES string of the molecule is CCN(CCOCCOCCOC)CCC(N)=S. The summed E-state index contributed by atoms with van der Waals surface area (Å²) < 4.78 is 15.6. The van der Waals surface area contributed by atoms with E-state index in [4.69, 9.17) is 32.2 Å². The molecule has 6 heteroatoms. The van der Waals surface area contributed by atoms with Gasteiger partial charge in [-0.2, -0.15) is 0 Å². The molecular weight excluding hydrogens is 252 g/mol. The Kier molecular flexibility index (Phi) is 13.0. The van der Waals surface area contributed by atoms with Crippen molar-refractivity contribution in [2.24, 2.45) is 5.73 Å². The molecule has 2 N–H and O–H groups in total. The lowest BCUT2D eigenvalue weighted by Crippen LogP contribution is -2.31. The van der Waals surface area contributed by atoms with Crippen molar-refractivity contribution >= 4 is 17.2 Å². The first-order valence-corrected chi connectivity index (χ1v) is 6.76. The van der Waals surface area contributed by atoms with Gasteiger partial charge in [0.05, 0.1) is 38.0 Å². The van der Waals surface area contributed by atoms with E-state index < -0.39 is 0 Å². The van der Waals surface area contributed by atoms with Crippen molar-refractivity contribution in [3.8, 4) is 0 Å². The molecule has 0 radical (unpaired) electrons. The van der Waals surface area contributed by atoms with Gasteiger partial charge in [-0.15, -0.1) is 0 Å². The van der Waals surface area contributed by atoms with Crippen LogP contribution in [0.25, 0.3) is 0 Å². The fraction of sp³-hybridized carbons (Fsp3) is 0.917. The van der Waals surface area contributed by atoms with Crippen LogP contribution < -0.4 is 5.73 Å². The Hall–Kier alpha value is -0.270. The molecule has 0 aliphatic heterocycles. The third-order valence-corrected chi connectivity index (χ3v) is 2.68. The Balaban J connectivity index is 3.31. The highest BCUT2D eigenvalue weighted by atomic mass is 32.1. The number of methoxy groups -OCH3 is 1. The number of ether oxygens (including phenoxy) is 3. The van der Waals surface area contributed by atoms with E-state index in [1.807, 2.05) is 0 Å². The summed E-state index contributed by atoms with van der Waals surface area (Å²) in [7, 11) is 1.66. The highest BCUT2D eigenvalue weighted by Crippen LogP contribution is 1.92. The van der Waals surface area contributed by atoms with Crippen LogP contribution in [0, 0.1) is 0 Å². The van der Waals surface area contributed by atoms with E-state index in [9.17, 15) is 0 Å². The number of thiocarbonyl (C=S) groups is 1. The van der Waals surface area contributed by atoms with Gasteiger partial charge in [0.25, 0.3) is 0 Å². The topological polar surface area (TPSA) is 57.0 Å². The van der Waals surface area contributed by atoms with Gasteiger partial charge in [0, 0.05) is 26.6 Å². The molecule has 0 rings (SSSR count). The van der Waals surface area contributed by atoms with Gasteiger partial charge in [-0.1, -0.05) is 19.1 Å². The molecule has 0 aromatic rings. The molecule has 0 saturated heterocycles. The predicted molar refractivity (Wildman–Crippen MR) is 77.0 cm³/mol. The van der Waals surface area contributed by atoms with Crippen LogP contribution in [-0.2, 0) is 14.2 Å². The van der Waals surface area contributed by atoms with Crippen molar-refractivity contribution < 1.29 is 14.2 Å². The molecule has 0 aliphatic carbocycles. The first-order valence-electron chi connectivity index (χ1n) is 6.35. The minimum atomic E-state index is 0.570. The van der Waals surface area contributed by atoms with Crippen LogP contribution in [0.15, 0.2) is 0 Å². The lowest BCUT2D eigenvalue weighted by Gasteiger charge is -2.19. The molecule has 0 saturated carbocycles. The largest absolute Gasteiger partial charge is 0.393 e. The van der Waals surface area contributed by atoms with Crippen molar-refractivity contribution in [3.05, 3.63) is 0 Å². The highest BCUT2D eigenvalue weighted by molar-refractivity contribution is 7.80. The van der Waals surface area contributed by atoms with Gasteiger partial charge in [-0.25, -0.2) is 0 Å². The van der Waals surface area contributed by atoms with Gasteiger partial charge < -0.3 is 24.8 Å². The molecule has 0 spiro atoms. The predicted octanol–water partition coefficient (Wildman–Crippen LogP) is 0.664. The third-order valence-electron chi connectivity index (χ3n) is 2.48. The zero-order valence-electron chi connectivity index (χ0n) is 11.5. The molecule has 0 bridgehead atoms. The van der Waals surface area contributed by atoms with Crippen LogP contribution >= 0.6 is 12.2 Å². The molecule has 0 aromatic carbocycles. The Morgan fingerprint density at radius 1 is 1.06 bits per heavy atom. The third kappa shape index (κ3) is 12.2. The van der Waals surface area contributed by atoms with Crippen LogP contribution in [0.2, 0.25) is 0 Å². The van der Waals surface area contributed by atoms with Gasteiger partial charge in [0.2, 0.25) is 0 Å². The minimum absolute atomic E-state index is 0.570. The van der Waals surface area contributed by atoms with E-state index in [1.54, 1.807) is 7.11 Å². The van der Waals surface area contributed by atoms with Gasteiger partial charge in [-0.3, -0.25) is 0 Å². The summed E-state index contributed by atoms with van der Waals surface area (Å²) in [4.78, 5) is 2.84. The normalized spacial score (nSPS) is 11.1. The second-order valence-corrected chi connectivity index (χ2v) is 4.39. The molecule has 0 unspecified atom stereocenters. The number of nitrogens with two attached hydrogens (primary N) is 1. The van der Waals surface area contributed by atoms with E-state index in [0.29, 0.717) is 38.0 Å². The molecule has 0 amide bonds. The van der Waals surface area contributed by atoms with Crippen LogP contribution in [0.4, 0.5) is 0 Å². The van der Waals surface area contributed by atoms with Crippen LogP contribution in [0.1, 0.15) is 13.3 Å². The Morgan fingerprint density at radius 3 is 2.22 bits per heavy atom. The zero-order chi connectivity index (χ0) is 13.6. The smallest absolute Gasteiger partial charge is 0.0740 e. The summed E-state index contributed by atoms with van der Waals surface area (Å²) in [5.41, 5.74) is 5.48. The second kappa shape index (κ2) is 13.2. The monoisotopic (exact) mass is 278 g/mol. The summed E-state index contributed by atoms with van der Waals surface area (Å²) in [5, 5.41) is 0. The molecule has 108 valence electrons. The van der Waals surface area contributed by atoms with Crippen molar-refractivity contribution in [2.45, 2.75) is 13.3 Å². The van der Waals surface area contributed by atoms with Crippen LogP contribution in [-0.4, -0.2) is 69.7 Å². The quantitative estimate of drug-likeness (QED) is 0.395. The maximum Gasteiger partial charge on any atom is 0.0740 e. The van der Waals surface area contributed by atoms with E-state index in [2.05, 4.69) is 11.8 Å². The standard InChI is InChI=1S/C12H26N2O3S/c1-3-14(5-4-12(13)18)6-7-16-10-11-17-9-8-15-2/h3-11H2,1-2H3,(H2,13,18). The fourth-order valence-corrected chi connectivity index (χ4v) is 1.45. The lowest BCUT2D eigenvalue weighted by molar-refractivity contribution is 0.0199. The summed E-state index contributed by atoms with van der Waals surface area (Å²) in [6.45, 7) is 8.09. The number of rotatable bonds is 13. The Bertz CT molecular complexity index is 206. The van der Waals surface area contributed by atoms with Crippen LogP contribution in [0.5, 0.6) is 0 Å². The molecule has 5 nitrogen and oxygen atoms in total. The van der Waals surface area contributed by atoms with Gasteiger partial charge in [0.15, 0.2) is 0 Å². The molecule has 0 heterocycles. The first kappa shape index (κ1) is 17.7. The molecule has 0 aromatic heterocycles. The molecule has 0 atom stereocenters. The average molecular weight is 278 g/mol. The van der Waals surface area contributed by atoms with E-state index >= 15 is 0 Å². The number of nitrogens with zero attached hydrogens (tertiary/aromatic N) is 1. The molecular formula is C12H26N2O3S. The molecule has 18 heavy (non-hydrogen) atoms. The number of likely N-dealkylation sites (N-methyl/N-ethyl adjacent to an activating group) is 1. The van der Waals surface area contributed by atoms with Crippen molar-refractivity contribution in [1.29, 1.82) is 0 Å². The van der Waals surface area contributed by atoms with E-state index in [-0.39, 0.29) is 0 Å². The summed E-state index contributed by atoms with van der Waals surface area (Å²) in [6, 6.07) is 0. The van der Waals surface area contributed by atoms with Gasteiger partial charge in [0.1, 0.15) is 0 Å². The fourth-order valence-electron chi connectivity index (χ4n) is 1.35. The average Bonchev–Trinajstić information content (AvgIpc) is 2.36. The summed E-state index contributed by atoms with van der Waals surface area (Å²) in [5.74, 6) is 0. The van der Waals surface area contributed by atoms with Crippen molar-refractivity contribution in [1.82, 2.24) is 4.90 Å². The van der Waals surface area contributed by atoms with Gasteiger partial charge in [-0.05, 0) is 6.54 Å². The van der Waals surface area contributed by atoms with Crippen molar-refractivity contribution in [3.63, 3.8) is 0 Å². The summed E-state index contributed by atoms with van der Waals surface area (Å²) >= 11 is 4.86. The summed E-state index contributed by atoms with van der Waals surface area (Å²) in [6.07, 6.45) is 0.767. The Labute approximate surface area is 116 Å². The van der Waals surface area contributed by atoms with Crippen LogP contribution in [0.3, 0.4) is 0 Å². The van der Waals surface area contributed by atoms with Crippen molar-refractivity contribution in [2.75, 3.05) is 59.8 Å². The Morgan fingerprint density at radius 2 is 1.67 bits per heavy atom. The second-order valence-electron chi connectivity index (χ2n) is 3.87. The maximum absolute atomic E-state index is 5.48. The molecule has 0 fully saturated rings. The first-order chi connectivity index (χ1) is 8.70. The van der Waals surface area contributed by atoms with E-state index in [1.165, 1.54) is 0 Å². The number of hydrogen-bond acceptors (Lipinski definition) is 5. The minimum Gasteiger partial charge on any atom is -0.393 e. The maximum atomic E-state index is 5.48. The van der Waals surface area contributed by atoms with Gasteiger partial charge >= 0.3 is 0 Å². The highest BCUT2D eigenvalue weighted by Gasteiger charge is 2.02.